The van der Waals surface area contributed by atoms with E-state index in [2.05, 4.69) is 55.8 Å². The van der Waals surface area contributed by atoms with Gasteiger partial charge in [0.1, 0.15) is 5.82 Å². The van der Waals surface area contributed by atoms with Crippen LogP contribution in [0.2, 0.25) is 0 Å². The molecular formula is C16H19N3. The van der Waals surface area contributed by atoms with Crippen molar-refractivity contribution in [2.75, 3.05) is 0 Å². The van der Waals surface area contributed by atoms with Crippen LogP contribution in [0.15, 0.2) is 30.3 Å². The number of hydrogen-bond acceptors (Lipinski definition) is 2. The number of benzene rings is 1. The third-order valence-electron chi connectivity index (χ3n) is 4.31. The summed E-state index contributed by atoms with van der Waals surface area (Å²) in [6, 6.07) is 11.1. The van der Waals surface area contributed by atoms with Gasteiger partial charge in [-0.2, -0.15) is 5.10 Å². The van der Waals surface area contributed by atoms with Crippen molar-refractivity contribution in [2.24, 2.45) is 5.92 Å². The van der Waals surface area contributed by atoms with Crippen LogP contribution < -0.4 is 0 Å². The summed E-state index contributed by atoms with van der Waals surface area (Å²) < 4.78 is 2.19. The fourth-order valence-corrected chi connectivity index (χ4v) is 3.19. The maximum atomic E-state index is 4.81. The van der Waals surface area contributed by atoms with Crippen LogP contribution in [0.5, 0.6) is 0 Å². The van der Waals surface area contributed by atoms with Gasteiger partial charge in [0, 0.05) is 11.3 Å². The third-order valence-corrected chi connectivity index (χ3v) is 4.31. The van der Waals surface area contributed by atoms with Gasteiger partial charge in [-0.05, 0) is 17.9 Å². The van der Waals surface area contributed by atoms with Gasteiger partial charge in [0.2, 0.25) is 0 Å². The molecule has 98 valence electrons. The van der Waals surface area contributed by atoms with E-state index in [-0.39, 0.29) is 5.41 Å². The van der Waals surface area contributed by atoms with Crippen LogP contribution in [0.1, 0.15) is 56.4 Å². The molecule has 3 unspecified atom stereocenters. The first-order valence-corrected chi connectivity index (χ1v) is 7.07. The topological polar surface area (TPSA) is 30.7 Å². The summed E-state index contributed by atoms with van der Waals surface area (Å²) in [5, 5.41) is 4.81. The number of nitrogens with zero attached hydrogens (tertiary/aromatic N) is 3. The number of rotatable bonds is 1. The van der Waals surface area contributed by atoms with Crippen LogP contribution in [0, 0.1) is 5.92 Å². The van der Waals surface area contributed by atoms with E-state index >= 15 is 0 Å². The van der Waals surface area contributed by atoms with Crippen molar-refractivity contribution in [2.45, 2.75) is 44.6 Å². The molecule has 1 aromatic heterocycles. The van der Waals surface area contributed by atoms with E-state index in [1.54, 1.807) is 0 Å². The van der Waals surface area contributed by atoms with E-state index in [9.17, 15) is 0 Å². The molecule has 2 heterocycles. The van der Waals surface area contributed by atoms with Crippen LogP contribution in [-0.2, 0) is 5.41 Å². The minimum Gasteiger partial charge on any atom is -0.242 e. The maximum Gasteiger partial charge on any atom is 0.156 e. The smallest absolute Gasteiger partial charge is 0.156 e. The van der Waals surface area contributed by atoms with E-state index in [4.69, 9.17) is 10.1 Å². The lowest BCUT2D eigenvalue weighted by molar-refractivity contribution is 0.473. The Balaban J connectivity index is 1.81. The molecule has 1 saturated carbocycles. The van der Waals surface area contributed by atoms with Crippen molar-refractivity contribution in [3.8, 4) is 0 Å². The molecular weight excluding hydrogens is 234 g/mol. The van der Waals surface area contributed by atoms with Crippen molar-refractivity contribution in [3.63, 3.8) is 0 Å². The molecule has 3 nitrogen and oxygen atoms in total. The van der Waals surface area contributed by atoms with Crippen molar-refractivity contribution < 1.29 is 0 Å². The van der Waals surface area contributed by atoms with Crippen LogP contribution in [0.3, 0.4) is 0 Å². The van der Waals surface area contributed by atoms with Gasteiger partial charge in [0.15, 0.2) is 5.82 Å². The SMILES string of the molecule is CC(C)(C)c1nc2n(n1)C(c1ccccc1)C1CC21. The Kier molecular flexibility index (Phi) is 2.05. The van der Waals surface area contributed by atoms with Gasteiger partial charge in [-0.25, -0.2) is 9.67 Å². The molecule has 1 aromatic carbocycles. The lowest BCUT2D eigenvalue weighted by atomic mass is 9.96. The summed E-state index contributed by atoms with van der Waals surface area (Å²) in [5.41, 5.74) is 1.40. The van der Waals surface area contributed by atoms with Crippen molar-refractivity contribution >= 4 is 0 Å². The van der Waals surface area contributed by atoms with Crippen molar-refractivity contribution in [1.29, 1.82) is 0 Å². The summed E-state index contributed by atoms with van der Waals surface area (Å²) in [6.07, 6.45) is 1.28. The van der Waals surface area contributed by atoms with Gasteiger partial charge in [-0.1, -0.05) is 51.1 Å². The Morgan fingerprint density at radius 1 is 1.16 bits per heavy atom. The summed E-state index contributed by atoms with van der Waals surface area (Å²) in [4.78, 5) is 4.81. The van der Waals surface area contributed by atoms with Gasteiger partial charge < -0.3 is 0 Å². The highest BCUT2D eigenvalue weighted by Gasteiger charge is 2.55. The molecule has 0 amide bonds. The van der Waals surface area contributed by atoms with E-state index in [1.165, 1.54) is 17.8 Å². The predicted octanol–water partition coefficient (Wildman–Crippen LogP) is 3.28. The molecule has 1 aliphatic heterocycles. The highest BCUT2D eigenvalue weighted by atomic mass is 15.4. The largest absolute Gasteiger partial charge is 0.242 e. The molecule has 1 aliphatic carbocycles. The summed E-state index contributed by atoms with van der Waals surface area (Å²) in [6.45, 7) is 6.54. The lowest BCUT2D eigenvalue weighted by Crippen LogP contribution is -2.16. The van der Waals surface area contributed by atoms with Gasteiger partial charge in [-0.15, -0.1) is 0 Å². The number of aromatic nitrogens is 3. The van der Waals surface area contributed by atoms with Gasteiger partial charge in [0.25, 0.3) is 0 Å². The van der Waals surface area contributed by atoms with E-state index in [0.29, 0.717) is 12.0 Å². The summed E-state index contributed by atoms with van der Waals surface area (Å²) in [5.74, 6) is 3.57. The first-order chi connectivity index (χ1) is 9.05. The third kappa shape index (κ3) is 1.57. The average molecular weight is 253 g/mol. The molecule has 0 bridgehead atoms. The van der Waals surface area contributed by atoms with Crippen molar-refractivity contribution in [3.05, 3.63) is 47.5 Å². The molecule has 3 heteroatoms. The summed E-state index contributed by atoms with van der Waals surface area (Å²) in [7, 11) is 0. The molecule has 4 rings (SSSR count). The Morgan fingerprint density at radius 3 is 2.58 bits per heavy atom. The Bertz CT molecular complexity index is 621. The zero-order valence-electron chi connectivity index (χ0n) is 11.7. The minimum atomic E-state index is 0.0307. The minimum absolute atomic E-state index is 0.0307. The van der Waals surface area contributed by atoms with Crippen LogP contribution in [-0.4, -0.2) is 14.8 Å². The number of hydrogen-bond donors (Lipinski definition) is 0. The first-order valence-electron chi connectivity index (χ1n) is 7.07. The van der Waals surface area contributed by atoms with Crippen LogP contribution >= 0.6 is 0 Å². The molecule has 0 saturated heterocycles. The maximum absolute atomic E-state index is 4.81. The molecule has 1 fully saturated rings. The van der Waals surface area contributed by atoms with Gasteiger partial charge in [-0.3, -0.25) is 0 Å². The predicted molar refractivity (Wildman–Crippen MR) is 74.2 cm³/mol. The fraction of sp³-hybridized carbons (Fsp3) is 0.500. The zero-order chi connectivity index (χ0) is 13.2. The molecule has 0 spiro atoms. The summed E-state index contributed by atoms with van der Waals surface area (Å²) >= 11 is 0. The lowest BCUT2D eigenvalue weighted by Gasteiger charge is -2.16. The Hall–Kier alpha value is -1.64. The first kappa shape index (κ1) is 11.2. The fourth-order valence-electron chi connectivity index (χ4n) is 3.19. The van der Waals surface area contributed by atoms with E-state index < -0.39 is 0 Å². The quantitative estimate of drug-likeness (QED) is 0.781. The number of fused-ring (bicyclic) bond motifs is 3. The Morgan fingerprint density at radius 2 is 1.89 bits per heavy atom. The van der Waals surface area contributed by atoms with E-state index in [1.807, 2.05) is 0 Å². The van der Waals surface area contributed by atoms with Crippen LogP contribution in [0.25, 0.3) is 0 Å². The second-order valence-corrected chi connectivity index (χ2v) is 6.85. The second-order valence-electron chi connectivity index (χ2n) is 6.85. The van der Waals surface area contributed by atoms with Gasteiger partial charge >= 0.3 is 0 Å². The molecule has 0 N–H and O–H groups in total. The van der Waals surface area contributed by atoms with Crippen molar-refractivity contribution in [1.82, 2.24) is 14.8 Å². The van der Waals surface area contributed by atoms with Gasteiger partial charge in [0.05, 0.1) is 6.04 Å². The standard InChI is InChI=1S/C16H19N3/c1-16(2,3)15-17-14-12-9-11(12)13(19(14)18-15)10-7-5-4-6-8-10/h4-8,11-13H,9H2,1-3H3. The zero-order valence-corrected chi connectivity index (χ0v) is 11.7. The second kappa shape index (κ2) is 3.47. The highest BCUT2D eigenvalue weighted by Crippen LogP contribution is 2.60. The molecule has 3 atom stereocenters. The highest BCUT2D eigenvalue weighted by molar-refractivity contribution is 5.32. The van der Waals surface area contributed by atoms with E-state index in [0.717, 1.165) is 11.7 Å². The molecule has 2 aromatic rings. The molecule has 0 radical (unpaired) electrons. The normalized spacial score (nSPS) is 28.1. The van der Waals surface area contributed by atoms with Crippen LogP contribution in [0.4, 0.5) is 0 Å². The molecule has 19 heavy (non-hydrogen) atoms. The average Bonchev–Trinajstić information content (AvgIpc) is 2.89. The molecule has 2 aliphatic rings. The monoisotopic (exact) mass is 253 g/mol. The Labute approximate surface area is 113 Å².